The first-order chi connectivity index (χ1) is 7.25. The van der Waals surface area contributed by atoms with Gasteiger partial charge in [0.2, 0.25) is 0 Å². The van der Waals surface area contributed by atoms with Crippen molar-refractivity contribution in [1.29, 1.82) is 0 Å². The Hall–Kier alpha value is -0.470. The average molecular weight is 221 g/mol. The van der Waals surface area contributed by atoms with Gasteiger partial charge in [-0.15, -0.1) is 11.8 Å². The highest BCUT2D eigenvalue weighted by Gasteiger charge is 2.14. The molecular weight excluding hydrogens is 202 g/mol. The second-order valence-electron chi connectivity index (χ2n) is 4.36. The lowest BCUT2D eigenvalue weighted by Gasteiger charge is -2.22. The molecule has 1 aliphatic heterocycles. The van der Waals surface area contributed by atoms with Crippen LogP contribution in [0.4, 0.5) is 0 Å². The van der Waals surface area contributed by atoms with E-state index in [4.69, 9.17) is 0 Å². The normalized spacial score (nSPS) is 21.6. The fraction of sp³-hybridized carbons (Fsp3) is 0.538. The molecule has 1 aliphatic rings. The second kappa shape index (κ2) is 5.04. The van der Waals surface area contributed by atoms with E-state index in [2.05, 4.69) is 37.4 Å². The SMILES string of the molecule is Cc1ccc(SC2CCCNC2)c(C)c1. The molecule has 0 aromatic heterocycles. The Morgan fingerprint density at radius 3 is 2.87 bits per heavy atom. The molecule has 0 spiro atoms. The molecule has 1 aromatic rings. The first-order valence-corrected chi connectivity index (χ1v) is 6.58. The van der Waals surface area contributed by atoms with E-state index >= 15 is 0 Å². The molecule has 2 heteroatoms. The summed E-state index contributed by atoms with van der Waals surface area (Å²) >= 11 is 2.04. The third-order valence-corrected chi connectivity index (χ3v) is 4.32. The monoisotopic (exact) mass is 221 g/mol. The van der Waals surface area contributed by atoms with Crippen molar-refractivity contribution in [3.05, 3.63) is 29.3 Å². The molecule has 0 bridgehead atoms. The molecule has 1 heterocycles. The number of hydrogen-bond acceptors (Lipinski definition) is 2. The van der Waals surface area contributed by atoms with Crippen molar-refractivity contribution >= 4 is 11.8 Å². The number of hydrogen-bond donors (Lipinski definition) is 1. The third kappa shape index (κ3) is 2.99. The number of rotatable bonds is 2. The first kappa shape index (κ1) is 11.0. The van der Waals surface area contributed by atoms with Gasteiger partial charge in [-0.25, -0.2) is 0 Å². The van der Waals surface area contributed by atoms with E-state index in [1.165, 1.54) is 35.4 Å². The predicted octanol–water partition coefficient (Wildman–Crippen LogP) is 3.15. The molecule has 0 amide bonds. The van der Waals surface area contributed by atoms with E-state index in [9.17, 15) is 0 Å². The maximum atomic E-state index is 3.47. The maximum Gasteiger partial charge on any atom is 0.0220 e. The number of nitrogens with one attached hydrogen (secondary N) is 1. The standard InChI is InChI=1S/C13H19NS/c1-10-5-6-13(11(2)8-10)15-12-4-3-7-14-9-12/h5-6,8,12,14H,3-4,7,9H2,1-2H3. The van der Waals surface area contributed by atoms with Gasteiger partial charge in [0.05, 0.1) is 0 Å². The van der Waals surface area contributed by atoms with Gasteiger partial charge in [-0.05, 0) is 44.9 Å². The molecule has 0 saturated carbocycles. The van der Waals surface area contributed by atoms with Crippen LogP contribution in [0.2, 0.25) is 0 Å². The van der Waals surface area contributed by atoms with Gasteiger partial charge >= 0.3 is 0 Å². The van der Waals surface area contributed by atoms with Gasteiger partial charge < -0.3 is 5.32 Å². The molecule has 1 aromatic carbocycles. The number of piperidine rings is 1. The van der Waals surface area contributed by atoms with Crippen LogP contribution in [0, 0.1) is 13.8 Å². The van der Waals surface area contributed by atoms with E-state index in [1.807, 2.05) is 11.8 Å². The minimum absolute atomic E-state index is 0.764. The molecule has 0 aliphatic carbocycles. The van der Waals surface area contributed by atoms with Gasteiger partial charge in [-0.2, -0.15) is 0 Å². The molecule has 15 heavy (non-hydrogen) atoms. The average Bonchev–Trinajstić information content (AvgIpc) is 2.24. The van der Waals surface area contributed by atoms with Crippen molar-refractivity contribution in [3.8, 4) is 0 Å². The zero-order valence-electron chi connectivity index (χ0n) is 9.55. The minimum Gasteiger partial charge on any atom is -0.316 e. The van der Waals surface area contributed by atoms with Crippen LogP contribution in [0.3, 0.4) is 0 Å². The Balaban J connectivity index is 2.03. The summed E-state index contributed by atoms with van der Waals surface area (Å²) in [4.78, 5) is 1.45. The highest BCUT2D eigenvalue weighted by atomic mass is 32.2. The molecule has 1 unspecified atom stereocenters. The summed E-state index contributed by atoms with van der Waals surface area (Å²) in [5.41, 5.74) is 2.78. The molecule has 2 rings (SSSR count). The molecule has 1 fully saturated rings. The van der Waals surface area contributed by atoms with Crippen molar-refractivity contribution in [3.63, 3.8) is 0 Å². The summed E-state index contributed by atoms with van der Waals surface area (Å²) in [6, 6.07) is 6.76. The van der Waals surface area contributed by atoms with Gasteiger partial charge in [0.1, 0.15) is 0 Å². The Morgan fingerprint density at radius 2 is 2.20 bits per heavy atom. The van der Waals surface area contributed by atoms with E-state index in [0.717, 1.165) is 11.8 Å². The Kier molecular flexibility index (Phi) is 3.71. The van der Waals surface area contributed by atoms with Crippen molar-refractivity contribution < 1.29 is 0 Å². The van der Waals surface area contributed by atoms with E-state index < -0.39 is 0 Å². The number of thioether (sulfide) groups is 1. The topological polar surface area (TPSA) is 12.0 Å². The maximum absolute atomic E-state index is 3.47. The molecule has 1 N–H and O–H groups in total. The third-order valence-electron chi connectivity index (χ3n) is 2.88. The summed E-state index contributed by atoms with van der Waals surface area (Å²) in [6.45, 7) is 6.73. The summed E-state index contributed by atoms with van der Waals surface area (Å²) in [5.74, 6) is 0. The largest absolute Gasteiger partial charge is 0.316 e. The van der Waals surface area contributed by atoms with Crippen LogP contribution in [0.5, 0.6) is 0 Å². The van der Waals surface area contributed by atoms with Crippen LogP contribution in [0.15, 0.2) is 23.1 Å². The van der Waals surface area contributed by atoms with Crippen LogP contribution in [0.1, 0.15) is 24.0 Å². The van der Waals surface area contributed by atoms with Crippen LogP contribution >= 0.6 is 11.8 Å². The van der Waals surface area contributed by atoms with Gasteiger partial charge in [-0.3, -0.25) is 0 Å². The Labute approximate surface area is 96.7 Å². The Bertz CT molecular complexity index is 329. The van der Waals surface area contributed by atoms with Gasteiger partial charge in [0.25, 0.3) is 0 Å². The molecule has 1 saturated heterocycles. The summed E-state index contributed by atoms with van der Waals surface area (Å²) < 4.78 is 0. The van der Waals surface area contributed by atoms with Crippen molar-refractivity contribution in [2.24, 2.45) is 0 Å². The second-order valence-corrected chi connectivity index (χ2v) is 5.70. The smallest absolute Gasteiger partial charge is 0.0220 e. The number of aryl methyl sites for hydroxylation is 2. The van der Waals surface area contributed by atoms with Crippen LogP contribution < -0.4 is 5.32 Å². The van der Waals surface area contributed by atoms with E-state index in [0.29, 0.717) is 0 Å². The highest BCUT2D eigenvalue weighted by Crippen LogP contribution is 2.30. The minimum atomic E-state index is 0.764. The van der Waals surface area contributed by atoms with Gasteiger partial charge in [0.15, 0.2) is 0 Å². The molecule has 1 atom stereocenters. The predicted molar refractivity (Wildman–Crippen MR) is 67.7 cm³/mol. The lowest BCUT2D eigenvalue weighted by atomic mass is 10.2. The number of benzene rings is 1. The summed E-state index contributed by atoms with van der Waals surface area (Å²) in [6.07, 6.45) is 2.67. The summed E-state index contributed by atoms with van der Waals surface area (Å²) in [5, 5.41) is 4.23. The van der Waals surface area contributed by atoms with Crippen LogP contribution in [-0.4, -0.2) is 18.3 Å². The zero-order valence-corrected chi connectivity index (χ0v) is 10.4. The lowest BCUT2D eigenvalue weighted by molar-refractivity contribution is 0.531. The fourth-order valence-corrected chi connectivity index (χ4v) is 3.27. The van der Waals surface area contributed by atoms with Crippen molar-refractivity contribution in [2.75, 3.05) is 13.1 Å². The highest BCUT2D eigenvalue weighted by molar-refractivity contribution is 8.00. The van der Waals surface area contributed by atoms with E-state index in [-0.39, 0.29) is 0 Å². The fourth-order valence-electron chi connectivity index (χ4n) is 2.03. The molecule has 1 nitrogen and oxygen atoms in total. The van der Waals surface area contributed by atoms with E-state index in [1.54, 1.807) is 0 Å². The Morgan fingerprint density at radius 1 is 1.33 bits per heavy atom. The van der Waals surface area contributed by atoms with Gasteiger partial charge in [0, 0.05) is 16.7 Å². The molecule has 0 radical (unpaired) electrons. The van der Waals surface area contributed by atoms with Gasteiger partial charge in [-0.1, -0.05) is 17.7 Å². The van der Waals surface area contributed by atoms with Crippen molar-refractivity contribution in [1.82, 2.24) is 5.32 Å². The quantitative estimate of drug-likeness (QED) is 0.823. The van der Waals surface area contributed by atoms with Crippen LogP contribution in [-0.2, 0) is 0 Å². The van der Waals surface area contributed by atoms with Crippen molar-refractivity contribution in [2.45, 2.75) is 36.8 Å². The first-order valence-electron chi connectivity index (χ1n) is 5.70. The summed E-state index contributed by atoms with van der Waals surface area (Å²) in [7, 11) is 0. The van der Waals surface area contributed by atoms with Crippen LogP contribution in [0.25, 0.3) is 0 Å². The molecular formula is C13H19NS. The zero-order chi connectivity index (χ0) is 10.7. The lowest BCUT2D eigenvalue weighted by Crippen LogP contribution is -2.31. The molecule has 82 valence electrons.